The molecule has 5 nitrogen and oxygen atoms in total. The Morgan fingerprint density at radius 3 is 2.75 bits per heavy atom. The van der Waals surface area contributed by atoms with Gasteiger partial charge in [-0.2, -0.15) is 5.10 Å². The molecule has 24 heavy (non-hydrogen) atoms. The number of esters is 1. The van der Waals surface area contributed by atoms with Gasteiger partial charge in [-0.25, -0.2) is 9.48 Å². The third-order valence-corrected chi connectivity index (χ3v) is 4.07. The number of carbonyl (C=O) groups is 1. The lowest BCUT2D eigenvalue weighted by molar-refractivity contribution is 0.0734. The van der Waals surface area contributed by atoms with Gasteiger partial charge < -0.3 is 4.74 Å². The first-order valence-electron chi connectivity index (χ1n) is 7.33. The lowest BCUT2D eigenvalue weighted by Gasteiger charge is -2.08. The van der Waals surface area contributed by atoms with Crippen molar-refractivity contribution in [3.63, 3.8) is 0 Å². The zero-order valence-electron chi connectivity index (χ0n) is 13.1. The number of carbonyl (C=O) groups excluding carboxylic acids is 1. The molecular weight excluding hydrogens is 324 g/mol. The molecule has 1 atom stereocenters. The second-order valence-corrected chi connectivity index (χ2v) is 6.69. The van der Waals surface area contributed by atoms with Crippen molar-refractivity contribution in [1.82, 2.24) is 9.78 Å². The second kappa shape index (κ2) is 7.23. The molecule has 1 heterocycles. The summed E-state index contributed by atoms with van der Waals surface area (Å²) in [6.07, 6.45) is 5.13. The summed E-state index contributed by atoms with van der Waals surface area (Å²) >= 11 is 0. The fourth-order valence-corrected chi connectivity index (χ4v) is 2.95. The maximum atomic E-state index is 12.3. The minimum atomic E-state index is -0.958. The predicted molar refractivity (Wildman–Crippen MR) is 92.7 cm³/mol. The van der Waals surface area contributed by atoms with Gasteiger partial charge in [-0.05, 0) is 35.9 Å². The maximum absolute atomic E-state index is 12.3. The quantitative estimate of drug-likeness (QED) is 0.529. The Balaban J connectivity index is 1.78. The summed E-state index contributed by atoms with van der Waals surface area (Å²) < 4.78 is 18.5. The third kappa shape index (κ3) is 3.97. The second-order valence-electron chi connectivity index (χ2n) is 5.26. The average Bonchev–Trinajstić information content (AvgIpc) is 3.09. The minimum Gasteiger partial charge on any atom is -0.423 e. The van der Waals surface area contributed by atoms with Gasteiger partial charge in [0.1, 0.15) is 5.75 Å². The summed E-state index contributed by atoms with van der Waals surface area (Å²) in [6, 6.07) is 16.0. The molecule has 3 aromatic rings. The van der Waals surface area contributed by atoms with Crippen LogP contribution in [0.5, 0.6) is 5.75 Å². The van der Waals surface area contributed by atoms with Gasteiger partial charge in [0.15, 0.2) is 0 Å². The molecule has 0 saturated carbocycles. The van der Waals surface area contributed by atoms with E-state index >= 15 is 0 Å². The molecule has 0 bridgehead atoms. The van der Waals surface area contributed by atoms with Gasteiger partial charge in [0.2, 0.25) is 0 Å². The summed E-state index contributed by atoms with van der Waals surface area (Å²) in [4.78, 5) is 12.3. The highest BCUT2D eigenvalue weighted by Gasteiger charge is 2.10. The summed E-state index contributed by atoms with van der Waals surface area (Å²) in [6.45, 7) is 0. The molecule has 0 saturated heterocycles. The Labute approximate surface area is 142 Å². The summed E-state index contributed by atoms with van der Waals surface area (Å²) in [5.74, 6) is 0.407. The fraction of sp³-hybridized carbons (Fsp3) is 0.111. The molecule has 0 radical (unpaired) electrons. The number of nitrogens with zero attached hydrogens (tertiary/aromatic N) is 2. The lowest BCUT2D eigenvalue weighted by Crippen LogP contribution is -2.09. The van der Waals surface area contributed by atoms with Crippen LogP contribution in [0.3, 0.4) is 0 Å². The van der Waals surface area contributed by atoms with E-state index in [1.807, 2.05) is 24.4 Å². The summed E-state index contributed by atoms with van der Waals surface area (Å²) in [5.41, 5.74) is 2.08. The van der Waals surface area contributed by atoms with Gasteiger partial charge in [0.05, 0.1) is 11.3 Å². The van der Waals surface area contributed by atoms with Crippen molar-refractivity contribution >= 4 is 16.8 Å². The minimum absolute atomic E-state index is 0.413. The van der Waals surface area contributed by atoms with Crippen LogP contribution in [0.25, 0.3) is 5.69 Å². The molecule has 3 rings (SSSR count). The highest BCUT2D eigenvalue weighted by molar-refractivity contribution is 7.83. The number of benzene rings is 2. The summed E-state index contributed by atoms with van der Waals surface area (Å²) in [5, 5.41) is 4.15. The molecule has 0 aliphatic heterocycles. The molecule has 0 N–H and O–H groups in total. The van der Waals surface area contributed by atoms with Crippen LogP contribution in [0.15, 0.2) is 67.0 Å². The van der Waals surface area contributed by atoms with Crippen LogP contribution in [-0.4, -0.2) is 26.2 Å². The van der Waals surface area contributed by atoms with Crippen LogP contribution >= 0.6 is 0 Å². The molecule has 0 aliphatic carbocycles. The lowest BCUT2D eigenvalue weighted by atomic mass is 10.1. The van der Waals surface area contributed by atoms with Crippen molar-refractivity contribution in [3.8, 4) is 11.4 Å². The largest absolute Gasteiger partial charge is 0.423 e. The maximum Gasteiger partial charge on any atom is 0.343 e. The number of rotatable bonds is 5. The van der Waals surface area contributed by atoms with Crippen molar-refractivity contribution in [1.29, 1.82) is 0 Å². The zero-order valence-corrected chi connectivity index (χ0v) is 13.9. The SMILES string of the molecule is CS(=O)Cc1cccc(C(=O)Oc2cccc(-n3cccn3)c2)c1. The Morgan fingerprint density at radius 2 is 2.00 bits per heavy atom. The molecule has 1 aromatic heterocycles. The number of ether oxygens (including phenoxy) is 1. The van der Waals surface area contributed by atoms with Gasteiger partial charge in [-0.1, -0.05) is 18.2 Å². The van der Waals surface area contributed by atoms with E-state index in [0.29, 0.717) is 17.1 Å². The van der Waals surface area contributed by atoms with E-state index in [-0.39, 0.29) is 0 Å². The van der Waals surface area contributed by atoms with Crippen LogP contribution in [-0.2, 0) is 16.6 Å². The van der Waals surface area contributed by atoms with E-state index in [0.717, 1.165) is 11.3 Å². The van der Waals surface area contributed by atoms with E-state index in [1.54, 1.807) is 53.5 Å². The van der Waals surface area contributed by atoms with E-state index in [2.05, 4.69) is 5.10 Å². The fourth-order valence-electron chi connectivity index (χ4n) is 2.30. The first kappa shape index (κ1) is 16.1. The van der Waals surface area contributed by atoms with E-state index in [4.69, 9.17) is 4.74 Å². The first-order chi connectivity index (χ1) is 11.6. The van der Waals surface area contributed by atoms with Crippen LogP contribution in [0.1, 0.15) is 15.9 Å². The van der Waals surface area contributed by atoms with Crippen LogP contribution in [0.2, 0.25) is 0 Å². The van der Waals surface area contributed by atoms with Gasteiger partial charge in [0, 0.05) is 41.3 Å². The highest BCUT2D eigenvalue weighted by atomic mass is 32.2. The van der Waals surface area contributed by atoms with Crippen LogP contribution < -0.4 is 4.74 Å². The van der Waals surface area contributed by atoms with E-state index in [9.17, 15) is 9.00 Å². The Morgan fingerprint density at radius 1 is 1.17 bits per heavy atom. The van der Waals surface area contributed by atoms with Gasteiger partial charge in [-0.3, -0.25) is 4.21 Å². The average molecular weight is 340 g/mol. The van der Waals surface area contributed by atoms with Crippen molar-refractivity contribution in [3.05, 3.63) is 78.1 Å². The Kier molecular flexibility index (Phi) is 4.86. The molecular formula is C18H16N2O3S. The number of hydrogen-bond acceptors (Lipinski definition) is 4. The molecule has 122 valence electrons. The molecule has 0 aliphatic rings. The summed E-state index contributed by atoms with van der Waals surface area (Å²) in [7, 11) is -0.958. The van der Waals surface area contributed by atoms with Crippen molar-refractivity contribution < 1.29 is 13.7 Å². The molecule has 2 aromatic carbocycles. The highest BCUT2D eigenvalue weighted by Crippen LogP contribution is 2.18. The topological polar surface area (TPSA) is 61.2 Å². The van der Waals surface area contributed by atoms with Crippen LogP contribution in [0, 0.1) is 0 Å². The Bertz CT molecular complexity index is 875. The predicted octanol–water partition coefficient (Wildman–Crippen LogP) is 2.97. The van der Waals surface area contributed by atoms with Crippen molar-refractivity contribution in [2.75, 3.05) is 6.26 Å². The smallest absolute Gasteiger partial charge is 0.343 e. The van der Waals surface area contributed by atoms with E-state index < -0.39 is 16.8 Å². The van der Waals surface area contributed by atoms with E-state index in [1.165, 1.54) is 0 Å². The van der Waals surface area contributed by atoms with Gasteiger partial charge >= 0.3 is 5.97 Å². The molecule has 0 amide bonds. The van der Waals surface area contributed by atoms with Crippen molar-refractivity contribution in [2.24, 2.45) is 0 Å². The number of hydrogen-bond donors (Lipinski definition) is 0. The molecule has 6 heteroatoms. The molecule has 0 fully saturated rings. The van der Waals surface area contributed by atoms with Crippen LogP contribution in [0.4, 0.5) is 0 Å². The van der Waals surface area contributed by atoms with Crippen molar-refractivity contribution in [2.45, 2.75) is 5.75 Å². The molecule has 0 spiro atoms. The third-order valence-electron chi connectivity index (χ3n) is 3.33. The monoisotopic (exact) mass is 340 g/mol. The standard InChI is InChI=1S/C18H16N2O3S/c1-24(22)13-14-5-2-6-15(11-14)18(21)23-17-8-3-7-16(12-17)20-10-4-9-19-20/h2-12H,13H2,1H3. The number of aromatic nitrogens is 2. The molecule has 1 unspecified atom stereocenters. The van der Waals surface area contributed by atoms with Gasteiger partial charge in [-0.15, -0.1) is 0 Å². The Hall–Kier alpha value is -2.73. The van der Waals surface area contributed by atoms with Gasteiger partial charge in [0.25, 0.3) is 0 Å². The normalized spacial score (nSPS) is 11.9. The zero-order chi connectivity index (χ0) is 16.9. The first-order valence-corrected chi connectivity index (χ1v) is 9.06.